The van der Waals surface area contributed by atoms with Crippen LogP contribution in [0.25, 0.3) is 0 Å². The van der Waals surface area contributed by atoms with Crippen LogP contribution in [0.15, 0.2) is 11.7 Å². The first-order chi connectivity index (χ1) is 8.15. The fourth-order valence-corrected chi connectivity index (χ4v) is 2.01. The lowest BCUT2D eigenvalue weighted by atomic mass is 10.2. The van der Waals surface area contributed by atoms with Gasteiger partial charge in [-0.25, -0.2) is 4.79 Å². The molecule has 0 spiro atoms. The fraction of sp³-hybridized carbons (Fsp3) is 0.636. The third kappa shape index (κ3) is 4.80. The summed E-state index contributed by atoms with van der Waals surface area (Å²) in [6, 6.07) is -0.401. The third-order valence-corrected chi connectivity index (χ3v) is 3.01. The number of thiazole rings is 1. The zero-order valence-corrected chi connectivity index (χ0v) is 11.3. The van der Waals surface area contributed by atoms with E-state index in [9.17, 15) is 4.79 Å². The number of rotatable bonds is 7. The highest BCUT2D eigenvalue weighted by Gasteiger charge is 2.22. The molecule has 6 heteroatoms. The average Bonchev–Trinajstić information content (AvgIpc) is 2.77. The van der Waals surface area contributed by atoms with Crippen LogP contribution in [0.3, 0.4) is 0 Å². The lowest BCUT2D eigenvalue weighted by Gasteiger charge is -2.17. The molecule has 17 heavy (non-hydrogen) atoms. The van der Waals surface area contributed by atoms with E-state index in [0.29, 0.717) is 6.61 Å². The van der Waals surface area contributed by atoms with Gasteiger partial charge < -0.3 is 9.64 Å². The van der Waals surface area contributed by atoms with Gasteiger partial charge in [-0.15, -0.1) is 11.3 Å². The maximum absolute atomic E-state index is 11.8. The molecule has 0 aliphatic rings. The van der Waals surface area contributed by atoms with Crippen molar-refractivity contribution < 1.29 is 9.53 Å². The van der Waals surface area contributed by atoms with Crippen molar-refractivity contribution in [3.05, 3.63) is 16.6 Å². The molecular weight excluding hydrogens is 238 g/mol. The van der Waals surface area contributed by atoms with E-state index in [0.717, 1.165) is 18.0 Å². The highest BCUT2D eigenvalue weighted by Crippen LogP contribution is 2.18. The largest absolute Gasteiger partial charge is 0.465 e. The second-order valence-electron chi connectivity index (χ2n) is 3.85. The van der Waals surface area contributed by atoms with Crippen LogP contribution < -0.4 is 5.32 Å². The van der Waals surface area contributed by atoms with Gasteiger partial charge in [0.15, 0.2) is 0 Å². The summed E-state index contributed by atoms with van der Waals surface area (Å²) in [5.41, 5.74) is 1.72. The molecule has 1 atom stereocenters. The van der Waals surface area contributed by atoms with Crippen molar-refractivity contribution in [3.63, 3.8) is 0 Å². The van der Waals surface area contributed by atoms with Crippen LogP contribution in [0.4, 0.5) is 0 Å². The molecule has 0 aliphatic carbocycles. The molecule has 0 bridgehead atoms. The van der Waals surface area contributed by atoms with Gasteiger partial charge in [-0.3, -0.25) is 10.3 Å². The van der Waals surface area contributed by atoms with E-state index in [1.165, 1.54) is 11.3 Å². The maximum atomic E-state index is 11.8. The third-order valence-electron chi connectivity index (χ3n) is 2.17. The van der Waals surface area contributed by atoms with Crippen molar-refractivity contribution in [3.8, 4) is 0 Å². The molecule has 5 nitrogen and oxygen atoms in total. The normalized spacial score (nSPS) is 12.7. The van der Waals surface area contributed by atoms with Crippen LogP contribution in [0.2, 0.25) is 0 Å². The lowest BCUT2D eigenvalue weighted by Crippen LogP contribution is -2.34. The summed E-state index contributed by atoms with van der Waals surface area (Å²) in [4.78, 5) is 18.7. The van der Waals surface area contributed by atoms with Crippen molar-refractivity contribution in [1.82, 2.24) is 15.2 Å². The quantitative estimate of drug-likeness (QED) is 0.736. The van der Waals surface area contributed by atoms with Crippen LogP contribution in [-0.4, -0.2) is 49.6 Å². The molecule has 0 fully saturated rings. The van der Waals surface area contributed by atoms with Gasteiger partial charge in [-0.2, -0.15) is 0 Å². The molecule has 0 aromatic carbocycles. The van der Waals surface area contributed by atoms with Gasteiger partial charge in [-0.1, -0.05) is 0 Å². The number of nitrogens with zero attached hydrogens (tertiary/aromatic N) is 2. The van der Waals surface area contributed by atoms with Crippen LogP contribution in [0.5, 0.6) is 0 Å². The van der Waals surface area contributed by atoms with Crippen molar-refractivity contribution in [2.24, 2.45) is 0 Å². The fourth-order valence-electron chi connectivity index (χ4n) is 1.33. The molecule has 1 N–H and O–H groups in total. The second-order valence-corrected chi connectivity index (χ2v) is 4.76. The first-order valence-electron chi connectivity index (χ1n) is 5.58. The number of hydrogen-bond acceptors (Lipinski definition) is 6. The van der Waals surface area contributed by atoms with Crippen molar-refractivity contribution >= 4 is 17.3 Å². The molecule has 96 valence electrons. The van der Waals surface area contributed by atoms with Gasteiger partial charge in [0.1, 0.15) is 6.04 Å². The van der Waals surface area contributed by atoms with E-state index in [-0.39, 0.29) is 5.97 Å². The number of carbonyl (C=O) groups excluding carboxylic acids is 1. The van der Waals surface area contributed by atoms with Crippen molar-refractivity contribution in [2.75, 3.05) is 33.8 Å². The van der Waals surface area contributed by atoms with Crippen molar-refractivity contribution in [1.29, 1.82) is 0 Å². The zero-order chi connectivity index (χ0) is 12.7. The van der Waals surface area contributed by atoms with Crippen molar-refractivity contribution in [2.45, 2.75) is 13.0 Å². The van der Waals surface area contributed by atoms with E-state index < -0.39 is 6.04 Å². The summed E-state index contributed by atoms with van der Waals surface area (Å²) in [6.07, 6.45) is 1.70. The average molecular weight is 257 g/mol. The number of nitrogens with one attached hydrogen (secondary N) is 1. The standard InChI is InChI=1S/C11H19N3O2S/c1-4-16-11(15)10(9-7-12-8-17-9)13-5-6-14(2)3/h7-8,10,13H,4-6H2,1-3H3. The van der Waals surface area contributed by atoms with E-state index in [1.807, 2.05) is 14.1 Å². The Balaban J connectivity index is 2.57. The second kappa shape index (κ2) is 7.37. The molecule has 1 heterocycles. The topological polar surface area (TPSA) is 54.5 Å². The molecule has 1 unspecified atom stereocenters. The Labute approximate surface area is 106 Å². The first-order valence-corrected chi connectivity index (χ1v) is 6.46. The monoisotopic (exact) mass is 257 g/mol. The summed E-state index contributed by atoms with van der Waals surface area (Å²) < 4.78 is 5.05. The molecular formula is C11H19N3O2S. The molecule has 0 aliphatic heterocycles. The molecule has 1 rings (SSSR count). The van der Waals surface area contributed by atoms with Crippen LogP contribution in [0, 0.1) is 0 Å². The molecule has 1 aromatic heterocycles. The number of ether oxygens (including phenoxy) is 1. The molecule has 1 aromatic rings. The summed E-state index contributed by atoms with van der Waals surface area (Å²) >= 11 is 1.46. The Kier molecular flexibility index (Phi) is 6.10. The smallest absolute Gasteiger partial charge is 0.328 e. The zero-order valence-electron chi connectivity index (χ0n) is 10.5. The highest BCUT2D eigenvalue weighted by atomic mass is 32.1. The number of likely N-dealkylation sites (N-methyl/N-ethyl adjacent to an activating group) is 1. The van der Waals surface area contributed by atoms with E-state index in [4.69, 9.17) is 4.74 Å². The predicted molar refractivity (Wildman–Crippen MR) is 68.0 cm³/mol. The van der Waals surface area contributed by atoms with E-state index >= 15 is 0 Å². The van der Waals surface area contributed by atoms with Crippen LogP contribution >= 0.6 is 11.3 Å². The SMILES string of the molecule is CCOC(=O)C(NCCN(C)C)c1cncs1. The van der Waals surface area contributed by atoms with Crippen LogP contribution in [0.1, 0.15) is 17.8 Å². The Morgan fingerprint density at radius 3 is 2.94 bits per heavy atom. The number of esters is 1. The maximum Gasteiger partial charge on any atom is 0.328 e. The lowest BCUT2D eigenvalue weighted by molar-refractivity contribution is -0.145. The highest BCUT2D eigenvalue weighted by molar-refractivity contribution is 7.09. The van der Waals surface area contributed by atoms with Gasteiger partial charge >= 0.3 is 5.97 Å². The Hall–Kier alpha value is -0.980. The minimum atomic E-state index is -0.401. The van der Waals surface area contributed by atoms with Gasteiger partial charge in [-0.05, 0) is 21.0 Å². The number of carbonyl (C=O) groups is 1. The Bertz CT molecular complexity index is 327. The summed E-state index contributed by atoms with van der Waals surface area (Å²) in [7, 11) is 3.99. The summed E-state index contributed by atoms with van der Waals surface area (Å²) in [6.45, 7) is 3.80. The van der Waals surface area contributed by atoms with E-state index in [1.54, 1.807) is 18.6 Å². The van der Waals surface area contributed by atoms with Gasteiger partial charge in [0.2, 0.25) is 0 Å². The molecule has 0 saturated heterocycles. The minimum absolute atomic E-state index is 0.240. The molecule has 0 radical (unpaired) electrons. The Morgan fingerprint density at radius 2 is 2.41 bits per heavy atom. The van der Waals surface area contributed by atoms with E-state index in [2.05, 4.69) is 15.2 Å². The first kappa shape index (κ1) is 14.1. The van der Waals surface area contributed by atoms with Gasteiger partial charge in [0, 0.05) is 19.3 Å². The summed E-state index contributed by atoms with van der Waals surface area (Å²) in [5.74, 6) is -0.240. The Morgan fingerprint density at radius 1 is 1.65 bits per heavy atom. The van der Waals surface area contributed by atoms with Gasteiger partial charge in [0.25, 0.3) is 0 Å². The molecule has 0 amide bonds. The summed E-state index contributed by atoms with van der Waals surface area (Å²) in [5, 5.41) is 3.19. The number of hydrogen-bond donors (Lipinski definition) is 1. The predicted octanol–water partition coefficient (Wildman–Crippen LogP) is 0.899. The minimum Gasteiger partial charge on any atom is -0.465 e. The molecule has 0 saturated carbocycles. The van der Waals surface area contributed by atoms with Gasteiger partial charge in [0.05, 0.1) is 17.0 Å². The number of aromatic nitrogens is 1. The van der Waals surface area contributed by atoms with Crippen LogP contribution in [-0.2, 0) is 9.53 Å².